The zero-order valence-corrected chi connectivity index (χ0v) is 87.2. The monoisotopic (exact) mass is 2380 g/mol. The second kappa shape index (κ2) is 47.2. The van der Waals surface area contributed by atoms with Crippen molar-refractivity contribution in [2.24, 2.45) is 0 Å². The van der Waals surface area contributed by atoms with Gasteiger partial charge in [0.1, 0.15) is 0 Å². The van der Waals surface area contributed by atoms with Gasteiger partial charge in [0, 0.05) is 112 Å². The van der Waals surface area contributed by atoms with Gasteiger partial charge in [-0.25, -0.2) is 0 Å². The molecule has 0 bridgehead atoms. The van der Waals surface area contributed by atoms with Gasteiger partial charge in [-0.2, -0.15) is 0 Å². The maximum absolute atomic E-state index is 4.49. The minimum absolute atomic E-state index is 0. The van der Waals surface area contributed by atoms with E-state index in [4.69, 9.17) is 0 Å². The van der Waals surface area contributed by atoms with Crippen molar-refractivity contribution in [1.29, 1.82) is 0 Å². The number of hydrogen-bond acceptors (Lipinski definition) is 6. The summed E-state index contributed by atoms with van der Waals surface area (Å²) in [6.45, 7) is 20.0. The summed E-state index contributed by atoms with van der Waals surface area (Å²) in [5.74, 6) is 0. The van der Waals surface area contributed by atoms with Crippen LogP contribution in [0.15, 0.2) is 455 Å². The SMILES string of the molecule is C.C.CC1(C)c2ccccc2-c2cc(-c3cccc(-c4cc[c-]c(-c5ccccn5)c4)c3)ccc21.CC1(C)c2ccccc2-c2ccc(-c3cccc(-c4cc[c-]c(-c5ccccn5)c4)c3)cc21.CC1(C)c2ccccc2-c2cccc(-c3cccc(-c4cc[c-]c(-c5ccccn5)c4)c3)c21.Cc1cccc(-c2[c-]cccc2)n1.Cc1cccc(-c2[c-]cccc2)n1.Cc1cccc(-c2[c-]cccc2)n1.[Ir].[Ir].[Ir]. The van der Waals surface area contributed by atoms with Crippen LogP contribution in [0.25, 0.3) is 168 Å². The molecule has 0 N–H and O–H groups in total. The van der Waals surface area contributed by atoms with Crippen LogP contribution in [0.1, 0.15) is 107 Å². The molecule has 21 aromatic rings. The normalized spacial score (nSPS) is 12.0. The van der Waals surface area contributed by atoms with E-state index >= 15 is 0 Å². The van der Waals surface area contributed by atoms with Gasteiger partial charge < -0.3 is 29.9 Å². The summed E-state index contributed by atoms with van der Waals surface area (Å²) >= 11 is 0. The number of rotatable bonds is 12. The molecule has 709 valence electrons. The Balaban J connectivity index is 0.000000141. The smallest absolute Gasteiger partial charge is 0.0266 e. The van der Waals surface area contributed by atoms with E-state index in [-0.39, 0.29) is 91.4 Å². The maximum atomic E-state index is 4.49. The van der Waals surface area contributed by atoms with Crippen molar-refractivity contribution < 1.29 is 60.3 Å². The zero-order chi connectivity index (χ0) is 94.5. The first-order valence-electron chi connectivity index (χ1n) is 47.0. The quantitative estimate of drug-likeness (QED) is 0.113. The van der Waals surface area contributed by atoms with Crippen LogP contribution in [-0.2, 0) is 76.6 Å². The summed E-state index contributed by atoms with van der Waals surface area (Å²) < 4.78 is 0. The molecule has 0 amide bonds. The Bertz CT molecular complexity index is 7680. The minimum Gasteiger partial charge on any atom is -0.305 e. The van der Waals surface area contributed by atoms with E-state index in [9.17, 15) is 0 Å². The summed E-state index contributed by atoms with van der Waals surface area (Å²) in [4.78, 5) is 26.7. The Morgan fingerprint density at radius 3 is 0.853 bits per heavy atom. The van der Waals surface area contributed by atoms with Crippen LogP contribution in [0.3, 0.4) is 0 Å². The number of benzene rings is 15. The molecule has 0 aliphatic heterocycles. The molecule has 0 unspecified atom stereocenters. The van der Waals surface area contributed by atoms with Crippen molar-refractivity contribution >= 4 is 0 Å². The Kier molecular flexibility index (Phi) is 34.3. The molecule has 24 rings (SSSR count). The number of fused-ring (bicyclic) bond motifs is 9. The van der Waals surface area contributed by atoms with Gasteiger partial charge in [0.2, 0.25) is 0 Å². The molecule has 0 fully saturated rings. The van der Waals surface area contributed by atoms with E-state index in [0.29, 0.717) is 0 Å². The third-order valence-corrected chi connectivity index (χ3v) is 26.2. The van der Waals surface area contributed by atoms with Crippen LogP contribution in [0.4, 0.5) is 0 Å². The fourth-order valence-corrected chi connectivity index (χ4v) is 19.2. The molecule has 0 atom stereocenters. The number of pyridine rings is 6. The molecule has 6 aromatic heterocycles. The molecule has 0 spiro atoms. The van der Waals surface area contributed by atoms with E-state index in [0.717, 1.165) is 84.6 Å². The number of nitrogens with zero attached hydrogens (tertiary/aromatic N) is 6. The van der Waals surface area contributed by atoms with Crippen LogP contribution < -0.4 is 0 Å². The van der Waals surface area contributed by atoms with Crippen LogP contribution in [0.5, 0.6) is 0 Å². The fraction of sp³-hybridized carbons (Fsp3) is 0.104. The van der Waals surface area contributed by atoms with Crippen molar-refractivity contribution in [3.63, 3.8) is 0 Å². The standard InChI is InChI=1S/3C32H24N.3C12H10N.2CH4.3Ir/c1-32(2)29-17-4-3-14-27(29)28-16-9-15-26(31(28)32)24-12-7-10-22(20-24)23-11-8-13-25(21-23)30-18-5-6-19-33-30;1-32(2)29-14-4-3-13-27(29)28-21-25(16-17-30(28)32)23-10-7-9-22(19-23)24-11-8-12-26(20-24)31-15-5-6-18-33-31;1-32(2)29-14-4-3-13-27(29)28-17-16-25(21-30(28)32)23-10-7-9-22(19-23)24-11-8-12-26(20-24)31-15-5-6-18-33-31;3*1-10-6-5-9-12(13-10)11-7-3-2-4-8-11;;;;;/h3-12,14-21H,1-2H3;2*3-11,13-21H,1-2H3;3*2-7,9H,1H3;2*1H4;;;/q6*-1;;;;;. The number of aryl methyl sites for hydroxylation is 3. The van der Waals surface area contributed by atoms with Gasteiger partial charge in [0.05, 0.1) is 0 Å². The van der Waals surface area contributed by atoms with Gasteiger partial charge >= 0.3 is 0 Å². The largest absolute Gasteiger partial charge is 0.305 e. The summed E-state index contributed by atoms with van der Waals surface area (Å²) in [7, 11) is 0. The van der Waals surface area contributed by atoms with Crippen LogP contribution in [-0.4, -0.2) is 29.9 Å². The van der Waals surface area contributed by atoms with Gasteiger partial charge in [0.15, 0.2) is 0 Å². The average Bonchev–Trinajstić information content (AvgIpc) is 1.59. The molecule has 0 saturated heterocycles. The van der Waals surface area contributed by atoms with Crippen LogP contribution in [0.2, 0.25) is 0 Å². The van der Waals surface area contributed by atoms with Gasteiger partial charge in [0.25, 0.3) is 0 Å². The van der Waals surface area contributed by atoms with Crippen LogP contribution in [0, 0.1) is 57.2 Å². The molecule has 3 aliphatic rings. The molecule has 6 heterocycles. The Hall–Kier alpha value is -14.9. The van der Waals surface area contributed by atoms with Crippen molar-refractivity contribution in [2.45, 2.75) is 93.4 Å². The summed E-state index contributed by atoms with van der Waals surface area (Å²) in [5.41, 5.74) is 46.3. The van der Waals surface area contributed by atoms with E-state index in [1.165, 1.54) is 134 Å². The summed E-state index contributed by atoms with van der Waals surface area (Å²) in [6, 6.07) is 171. The second-order valence-electron chi connectivity index (χ2n) is 36.4. The van der Waals surface area contributed by atoms with Gasteiger partial charge in [-0.1, -0.05) is 299 Å². The first-order valence-corrected chi connectivity index (χ1v) is 47.0. The van der Waals surface area contributed by atoms with Gasteiger partial charge in [-0.3, -0.25) is 0 Å². The Morgan fingerprint density at radius 2 is 0.462 bits per heavy atom. The Morgan fingerprint density at radius 1 is 0.182 bits per heavy atom. The van der Waals surface area contributed by atoms with Gasteiger partial charge in [-0.15, -0.1) is 214 Å². The number of aromatic nitrogens is 6. The molecule has 3 radical (unpaired) electrons. The summed E-state index contributed by atoms with van der Waals surface area (Å²) in [6.07, 6.45) is 5.47. The topological polar surface area (TPSA) is 77.3 Å². The first kappa shape index (κ1) is 104. The molecule has 15 aromatic carbocycles. The predicted molar refractivity (Wildman–Crippen MR) is 584 cm³/mol. The molecule has 0 saturated carbocycles. The van der Waals surface area contributed by atoms with E-state index < -0.39 is 0 Å². The predicted octanol–water partition coefficient (Wildman–Crippen LogP) is 34.4. The minimum atomic E-state index is -0.0353. The number of hydrogen-bond donors (Lipinski definition) is 0. The van der Waals surface area contributed by atoms with Gasteiger partial charge in [-0.05, 0) is 238 Å². The molecule has 143 heavy (non-hydrogen) atoms. The molecule has 3 aliphatic carbocycles. The molecule has 9 heteroatoms. The zero-order valence-electron chi connectivity index (χ0n) is 80.0. The van der Waals surface area contributed by atoms with Crippen molar-refractivity contribution in [2.75, 3.05) is 0 Å². The summed E-state index contributed by atoms with van der Waals surface area (Å²) in [5, 5.41) is 0. The van der Waals surface area contributed by atoms with E-state index in [1.807, 2.05) is 240 Å². The maximum Gasteiger partial charge on any atom is 0.0266 e. The van der Waals surface area contributed by atoms with Crippen LogP contribution >= 0.6 is 0 Å². The van der Waals surface area contributed by atoms with E-state index in [2.05, 4.69) is 344 Å². The molecular weight excluding hydrogens is 2270 g/mol. The second-order valence-corrected chi connectivity index (χ2v) is 36.4. The van der Waals surface area contributed by atoms with E-state index in [1.54, 1.807) is 0 Å². The first-order chi connectivity index (χ1) is 67.4. The van der Waals surface area contributed by atoms with Crippen molar-refractivity contribution in [1.82, 2.24) is 29.9 Å². The third kappa shape index (κ3) is 23.3. The molecular formula is C134H110Ir3N6-6. The molecule has 6 nitrogen and oxygen atoms in total. The van der Waals surface area contributed by atoms with Crippen molar-refractivity contribution in [3.8, 4) is 168 Å². The third-order valence-electron chi connectivity index (χ3n) is 26.2. The average molecular weight is 2380 g/mol. The van der Waals surface area contributed by atoms with Crippen molar-refractivity contribution in [3.05, 3.63) is 542 Å². The fourth-order valence-electron chi connectivity index (χ4n) is 19.2. The Labute approximate surface area is 885 Å².